The van der Waals surface area contributed by atoms with E-state index in [-0.39, 0.29) is 18.2 Å². The van der Waals surface area contributed by atoms with Gasteiger partial charge in [0, 0.05) is 24.6 Å². The summed E-state index contributed by atoms with van der Waals surface area (Å²) in [5, 5.41) is 8.80. The monoisotopic (exact) mass is 342 g/mol. The fourth-order valence-electron chi connectivity index (χ4n) is 1.81. The summed E-state index contributed by atoms with van der Waals surface area (Å²) in [4.78, 5) is 15.9. The summed E-state index contributed by atoms with van der Waals surface area (Å²) in [5.41, 5.74) is -0.506. The van der Waals surface area contributed by atoms with Crippen molar-refractivity contribution in [2.45, 2.75) is 32.4 Å². The van der Waals surface area contributed by atoms with E-state index < -0.39 is 17.8 Å². The van der Waals surface area contributed by atoms with Crippen molar-refractivity contribution in [3.05, 3.63) is 41.5 Å². The molecule has 2 aromatic rings. The second kappa shape index (κ2) is 7.33. The number of hydrogen-bond acceptors (Lipinski definition) is 4. The molecule has 0 aliphatic rings. The minimum atomic E-state index is -4.40. The minimum absolute atomic E-state index is 0.127. The predicted octanol–water partition coefficient (Wildman–Crippen LogP) is 3.58. The Kier molecular flexibility index (Phi) is 5.42. The van der Waals surface area contributed by atoms with E-state index in [0.717, 1.165) is 12.1 Å². The maximum absolute atomic E-state index is 12.4. The van der Waals surface area contributed by atoms with Crippen LogP contribution in [0, 0.1) is 0 Å². The van der Waals surface area contributed by atoms with Gasteiger partial charge in [-0.1, -0.05) is 19.0 Å². The molecule has 9 heteroatoms. The number of nitrogens with zero attached hydrogens (tertiary/aromatic N) is 2. The van der Waals surface area contributed by atoms with Crippen LogP contribution in [0.1, 0.15) is 37.0 Å². The van der Waals surface area contributed by atoms with Gasteiger partial charge in [-0.15, -0.1) is 0 Å². The van der Waals surface area contributed by atoms with E-state index in [9.17, 15) is 18.0 Å². The van der Waals surface area contributed by atoms with Crippen LogP contribution in [-0.4, -0.2) is 22.7 Å². The Morgan fingerprint density at radius 1 is 1.25 bits per heavy atom. The van der Waals surface area contributed by atoms with Crippen molar-refractivity contribution in [3.8, 4) is 0 Å². The van der Waals surface area contributed by atoms with Crippen molar-refractivity contribution in [2.24, 2.45) is 0 Å². The zero-order valence-electron chi connectivity index (χ0n) is 13.1. The number of rotatable bonds is 5. The van der Waals surface area contributed by atoms with Gasteiger partial charge in [0.15, 0.2) is 5.82 Å². The van der Waals surface area contributed by atoms with Crippen LogP contribution in [0.3, 0.4) is 0 Å². The van der Waals surface area contributed by atoms with Crippen molar-refractivity contribution < 1.29 is 22.5 Å². The average molecular weight is 342 g/mol. The first-order chi connectivity index (χ1) is 11.3. The molecule has 1 aromatic heterocycles. The third-order valence-electron chi connectivity index (χ3n) is 3.08. The van der Waals surface area contributed by atoms with Gasteiger partial charge in [-0.05, 0) is 24.3 Å². The van der Waals surface area contributed by atoms with Crippen molar-refractivity contribution >= 4 is 11.7 Å². The van der Waals surface area contributed by atoms with Crippen LogP contribution in [0.15, 0.2) is 28.8 Å². The van der Waals surface area contributed by atoms with Crippen LogP contribution in [0.5, 0.6) is 0 Å². The number of benzene rings is 1. The first kappa shape index (κ1) is 17.8. The number of carbonyl (C=O) groups is 1. The summed E-state index contributed by atoms with van der Waals surface area (Å²) < 4.78 is 42.4. The van der Waals surface area contributed by atoms with Gasteiger partial charge < -0.3 is 15.2 Å². The van der Waals surface area contributed by atoms with Gasteiger partial charge in [-0.3, -0.25) is 0 Å². The lowest BCUT2D eigenvalue weighted by Gasteiger charge is -2.09. The molecule has 2 rings (SSSR count). The zero-order chi connectivity index (χ0) is 17.7. The number of halogens is 3. The molecule has 0 fully saturated rings. The molecule has 1 heterocycles. The number of hydrogen-bond donors (Lipinski definition) is 2. The van der Waals surface area contributed by atoms with Gasteiger partial charge in [0.05, 0.1) is 5.56 Å². The fraction of sp³-hybridized carbons (Fsp3) is 0.400. The Morgan fingerprint density at radius 3 is 2.46 bits per heavy atom. The van der Waals surface area contributed by atoms with E-state index in [2.05, 4.69) is 20.8 Å². The molecule has 0 saturated heterocycles. The standard InChI is InChI=1S/C15H17F3N4O2/c1-9(2)13-21-12(22-24-13)7-8-19-14(23)20-11-5-3-10(4-6-11)15(16,17)18/h3-6,9H,7-8H2,1-2H3,(H2,19,20,23). The highest BCUT2D eigenvalue weighted by Gasteiger charge is 2.29. The Morgan fingerprint density at radius 2 is 1.92 bits per heavy atom. The molecule has 0 aliphatic heterocycles. The van der Waals surface area contributed by atoms with Gasteiger partial charge in [0.25, 0.3) is 0 Å². The molecule has 24 heavy (non-hydrogen) atoms. The Bertz CT molecular complexity index is 681. The minimum Gasteiger partial charge on any atom is -0.339 e. The number of alkyl halides is 3. The normalized spacial score (nSPS) is 11.6. The maximum Gasteiger partial charge on any atom is 0.416 e. The molecule has 0 unspecified atom stereocenters. The average Bonchev–Trinajstić information content (AvgIpc) is 2.96. The summed E-state index contributed by atoms with van der Waals surface area (Å²) in [6.45, 7) is 4.11. The second-order valence-corrected chi connectivity index (χ2v) is 5.41. The van der Waals surface area contributed by atoms with Crippen molar-refractivity contribution in [3.63, 3.8) is 0 Å². The number of urea groups is 1. The molecular weight excluding hydrogens is 325 g/mol. The highest BCUT2D eigenvalue weighted by Crippen LogP contribution is 2.29. The quantitative estimate of drug-likeness (QED) is 0.870. The Balaban J connectivity index is 1.78. The lowest BCUT2D eigenvalue weighted by molar-refractivity contribution is -0.137. The third kappa shape index (κ3) is 4.97. The maximum atomic E-state index is 12.4. The molecule has 6 nitrogen and oxygen atoms in total. The van der Waals surface area contributed by atoms with E-state index >= 15 is 0 Å². The molecule has 0 radical (unpaired) electrons. The molecule has 0 atom stereocenters. The number of amides is 2. The van der Waals surface area contributed by atoms with E-state index in [1.807, 2.05) is 13.8 Å². The van der Waals surface area contributed by atoms with E-state index in [1.54, 1.807) is 0 Å². The van der Waals surface area contributed by atoms with Gasteiger partial charge in [-0.25, -0.2) is 4.79 Å². The molecular formula is C15H17F3N4O2. The lowest BCUT2D eigenvalue weighted by Crippen LogP contribution is -2.30. The summed E-state index contributed by atoms with van der Waals surface area (Å²) in [6, 6.07) is 3.67. The van der Waals surface area contributed by atoms with Crippen LogP contribution in [-0.2, 0) is 12.6 Å². The van der Waals surface area contributed by atoms with Gasteiger partial charge in [-0.2, -0.15) is 18.2 Å². The first-order valence-electron chi connectivity index (χ1n) is 7.30. The molecule has 1 aromatic carbocycles. The van der Waals surface area contributed by atoms with Crippen LogP contribution >= 0.6 is 0 Å². The topological polar surface area (TPSA) is 80.0 Å². The molecule has 0 aliphatic carbocycles. The first-order valence-corrected chi connectivity index (χ1v) is 7.30. The highest BCUT2D eigenvalue weighted by atomic mass is 19.4. The summed E-state index contributed by atoms with van der Waals surface area (Å²) >= 11 is 0. The summed E-state index contributed by atoms with van der Waals surface area (Å²) in [7, 11) is 0. The molecule has 130 valence electrons. The van der Waals surface area contributed by atoms with Crippen LogP contribution in [0.25, 0.3) is 0 Å². The summed E-state index contributed by atoms with van der Waals surface area (Å²) in [5.74, 6) is 1.13. The number of aromatic nitrogens is 2. The van der Waals surface area contributed by atoms with Crippen molar-refractivity contribution in [1.29, 1.82) is 0 Å². The molecule has 2 N–H and O–H groups in total. The largest absolute Gasteiger partial charge is 0.416 e. The third-order valence-corrected chi connectivity index (χ3v) is 3.08. The highest BCUT2D eigenvalue weighted by molar-refractivity contribution is 5.89. The molecule has 0 bridgehead atoms. The van der Waals surface area contributed by atoms with Crippen LogP contribution < -0.4 is 10.6 Å². The zero-order valence-corrected chi connectivity index (χ0v) is 13.1. The number of carbonyl (C=O) groups excluding carboxylic acids is 1. The smallest absolute Gasteiger partial charge is 0.339 e. The van der Waals surface area contributed by atoms with E-state index in [1.165, 1.54) is 12.1 Å². The molecule has 0 spiro atoms. The van der Waals surface area contributed by atoms with E-state index in [0.29, 0.717) is 18.1 Å². The van der Waals surface area contributed by atoms with Gasteiger partial charge >= 0.3 is 12.2 Å². The van der Waals surface area contributed by atoms with Crippen molar-refractivity contribution in [1.82, 2.24) is 15.5 Å². The molecule has 0 saturated carbocycles. The lowest BCUT2D eigenvalue weighted by atomic mass is 10.2. The Labute approximate surface area is 136 Å². The van der Waals surface area contributed by atoms with Gasteiger partial charge in [0.1, 0.15) is 0 Å². The summed E-state index contributed by atoms with van der Waals surface area (Å²) in [6.07, 6.45) is -4.02. The van der Waals surface area contributed by atoms with Gasteiger partial charge in [0.2, 0.25) is 5.89 Å². The molecule has 2 amide bonds. The fourth-order valence-corrected chi connectivity index (χ4v) is 1.81. The number of nitrogens with one attached hydrogen (secondary N) is 2. The van der Waals surface area contributed by atoms with Crippen molar-refractivity contribution in [2.75, 3.05) is 11.9 Å². The number of anilines is 1. The second-order valence-electron chi connectivity index (χ2n) is 5.41. The van der Waals surface area contributed by atoms with E-state index in [4.69, 9.17) is 4.52 Å². The predicted molar refractivity (Wildman–Crippen MR) is 80.6 cm³/mol. The van der Waals surface area contributed by atoms with Crippen LogP contribution in [0.2, 0.25) is 0 Å². The Hall–Kier alpha value is -2.58. The SMILES string of the molecule is CC(C)c1nc(CCNC(=O)Nc2ccc(C(F)(F)F)cc2)no1. The van der Waals surface area contributed by atoms with Crippen LogP contribution in [0.4, 0.5) is 23.7 Å².